The number of halogens is 4. The predicted molar refractivity (Wildman–Crippen MR) is 152 cm³/mol. The summed E-state index contributed by atoms with van der Waals surface area (Å²) < 4.78 is 45.9. The van der Waals surface area contributed by atoms with E-state index >= 15 is 0 Å². The van der Waals surface area contributed by atoms with Crippen LogP contribution in [0.5, 0.6) is 5.75 Å². The molecule has 0 radical (unpaired) electrons. The number of phenolic OH excluding ortho intramolecular Hbond substituents is 1. The zero-order chi connectivity index (χ0) is 29.1. The maximum atomic E-state index is 14.8. The number of benzene rings is 3. The Kier molecular flexibility index (Phi) is 6.91. The van der Waals surface area contributed by atoms with Gasteiger partial charge in [-0.2, -0.15) is 13.2 Å². The van der Waals surface area contributed by atoms with Crippen LogP contribution in [0.15, 0.2) is 71.5 Å². The largest absolute Gasteiger partial charge is 0.508 e. The second kappa shape index (κ2) is 9.85. The van der Waals surface area contributed by atoms with Crippen molar-refractivity contribution in [3.8, 4) is 11.4 Å². The summed E-state index contributed by atoms with van der Waals surface area (Å²) in [5, 5.41) is 26.5. The molecule has 0 saturated carbocycles. The number of nitrogens with zero attached hydrogens (tertiary/aromatic N) is 1. The molecule has 1 aromatic heterocycles. The third-order valence-electron chi connectivity index (χ3n) is 8.29. The molecule has 4 unspecified atom stereocenters. The molecule has 1 aliphatic carbocycles. The average Bonchev–Trinajstić information content (AvgIpc) is 2.88. The molecule has 0 fully saturated rings. The fourth-order valence-electron chi connectivity index (χ4n) is 5.93. The van der Waals surface area contributed by atoms with Crippen LogP contribution < -0.4 is 10.9 Å². The first kappa shape index (κ1) is 28.1. The van der Waals surface area contributed by atoms with E-state index in [1.165, 1.54) is 17.6 Å². The number of hydrogen-bond acceptors (Lipinski definition) is 4. The summed E-state index contributed by atoms with van der Waals surface area (Å²) >= 11 is 6.17. The molecule has 4 aromatic rings. The number of phenols is 1. The van der Waals surface area contributed by atoms with Crippen LogP contribution in [0, 0.1) is 5.92 Å². The normalized spacial score (nSPS) is 22.9. The van der Waals surface area contributed by atoms with Crippen LogP contribution in [0.1, 0.15) is 62.3 Å². The van der Waals surface area contributed by atoms with Gasteiger partial charge in [0.15, 0.2) is 5.60 Å². The molecule has 0 aliphatic heterocycles. The van der Waals surface area contributed by atoms with Crippen molar-refractivity contribution < 1.29 is 23.4 Å². The first-order valence-electron chi connectivity index (χ1n) is 13.1. The molecule has 1 heterocycles. The van der Waals surface area contributed by atoms with Gasteiger partial charge in [0, 0.05) is 33.6 Å². The van der Waals surface area contributed by atoms with E-state index in [9.17, 15) is 28.2 Å². The smallest absolute Gasteiger partial charge is 0.419 e. The quantitative estimate of drug-likeness (QED) is 0.235. The van der Waals surface area contributed by atoms with Crippen molar-refractivity contribution in [2.45, 2.75) is 57.3 Å². The van der Waals surface area contributed by atoms with Crippen LogP contribution in [0.3, 0.4) is 0 Å². The number of pyridine rings is 1. The lowest BCUT2D eigenvalue weighted by molar-refractivity contribution is -0.289. The number of aliphatic hydroxyl groups is 1. The van der Waals surface area contributed by atoms with Gasteiger partial charge in [-0.25, -0.2) is 0 Å². The fourth-order valence-corrected chi connectivity index (χ4v) is 6.11. The van der Waals surface area contributed by atoms with Crippen LogP contribution in [-0.4, -0.2) is 26.6 Å². The van der Waals surface area contributed by atoms with Crippen LogP contribution >= 0.6 is 11.6 Å². The zero-order valence-electron chi connectivity index (χ0n) is 22.4. The summed E-state index contributed by atoms with van der Waals surface area (Å²) in [6.07, 6.45) is -4.99. The number of aromatic nitrogens is 1. The van der Waals surface area contributed by atoms with Crippen LogP contribution in [0.2, 0.25) is 5.02 Å². The van der Waals surface area contributed by atoms with Crippen molar-refractivity contribution in [3.05, 3.63) is 98.8 Å². The Balaban J connectivity index is 1.76. The van der Waals surface area contributed by atoms with Gasteiger partial charge in [0.2, 0.25) is 0 Å². The second-order valence-electron chi connectivity index (χ2n) is 10.9. The van der Waals surface area contributed by atoms with E-state index in [0.717, 1.165) is 0 Å². The van der Waals surface area contributed by atoms with Gasteiger partial charge in [-0.1, -0.05) is 57.5 Å². The lowest BCUT2D eigenvalue weighted by atomic mass is 9.63. The van der Waals surface area contributed by atoms with Crippen molar-refractivity contribution in [2.75, 3.05) is 5.32 Å². The lowest BCUT2D eigenvalue weighted by Crippen LogP contribution is -2.60. The second-order valence-corrected chi connectivity index (χ2v) is 11.3. The van der Waals surface area contributed by atoms with Crippen molar-refractivity contribution in [1.29, 1.82) is 0 Å². The average molecular weight is 571 g/mol. The number of hydrogen-bond donors (Lipinski definition) is 3. The number of alkyl halides is 3. The molecule has 3 N–H and O–H groups in total. The summed E-state index contributed by atoms with van der Waals surface area (Å²) in [5.41, 5.74) is -1.03. The lowest BCUT2D eigenvalue weighted by Gasteiger charge is -2.49. The number of fused-ring (bicyclic) bond motifs is 2. The highest BCUT2D eigenvalue weighted by Crippen LogP contribution is 2.57. The molecular formula is C31H30ClF3N2O3. The van der Waals surface area contributed by atoms with Gasteiger partial charge in [0.05, 0.1) is 17.2 Å². The highest BCUT2D eigenvalue weighted by molar-refractivity contribution is 6.30. The van der Waals surface area contributed by atoms with E-state index in [1.54, 1.807) is 67.6 Å². The Morgan fingerprint density at radius 2 is 1.73 bits per heavy atom. The molecule has 40 heavy (non-hydrogen) atoms. The van der Waals surface area contributed by atoms with E-state index in [4.69, 9.17) is 11.6 Å². The molecule has 0 saturated heterocycles. The van der Waals surface area contributed by atoms with E-state index in [-0.39, 0.29) is 22.8 Å². The Labute approximate surface area is 234 Å². The third-order valence-corrected chi connectivity index (χ3v) is 8.52. The third kappa shape index (κ3) is 4.34. The highest BCUT2D eigenvalue weighted by Gasteiger charge is 2.65. The van der Waals surface area contributed by atoms with E-state index in [0.29, 0.717) is 38.4 Å². The molecule has 5 nitrogen and oxygen atoms in total. The molecule has 5 rings (SSSR count). The van der Waals surface area contributed by atoms with Gasteiger partial charge in [-0.15, -0.1) is 0 Å². The van der Waals surface area contributed by atoms with Crippen LogP contribution in [0.4, 0.5) is 18.9 Å². The van der Waals surface area contributed by atoms with Crippen LogP contribution in [0.25, 0.3) is 16.6 Å². The predicted octanol–water partition coefficient (Wildman–Crippen LogP) is 7.67. The summed E-state index contributed by atoms with van der Waals surface area (Å²) in [6, 6.07) is 16.1. The fraction of sp³-hybridized carbons (Fsp3) is 0.323. The van der Waals surface area contributed by atoms with Crippen molar-refractivity contribution in [2.24, 2.45) is 5.92 Å². The highest BCUT2D eigenvalue weighted by atomic mass is 35.5. The van der Waals surface area contributed by atoms with E-state index in [1.807, 2.05) is 13.8 Å². The number of aromatic hydroxyl groups is 1. The van der Waals surface area contributed by atoms with Crippen molar-refractivity contribution in [1.82, 2.24) is 4.57 Å². The first-order chi connectivity index (χ1) is 18.8. The maximum absolute atomic E-state index is 14.8. The maximum Gasteiger partial charge on any atom is 0.419 e. The molecule has 1 aliphatic rings. The van der Waals surface area contributed by atoms with Gasteiger partial charge < -0.3 is 15.5 Å². The van der Waals surface area contributed by atoms with Crippen LogP contribution in [-0.2, 0) is 0 Å². The first-order valence-corrected chi connectivity index (χ1v) is 13.5. The molecular weight excluding hydrogens is 541 g/mol. The number of rotatable bonds is 4. The SMILES string of the molecule is CC(C)c1cc(O)c2c(c1)C(Nc1cccc3c1ccc(=O)n3-c1cccc(Cl)c1)C(O)(C(F)(F)F)C(C)C2C. The Morgan fingerprint density at radius 3 is 2.38 bits per heavy atom. The molecule has 210 valence electrons. The molecule has 0 amide bonds. The molecule has 3 aromatic carbocycles. The van der Waals surface area contributed by atoms with Gasteiger partial charge in [0.25, 0.3) is 5.56 Å². The minimum absolute atomic E-state index is 0.0739. The summed E-state index contributed by atoms with van der Waals surface area (Å²) in [6.45, 7) is 6.71. The minimum atomic E-state index is -4.99. The van der Waals surface area contributed by atoms with Crippen molar-refractivity contribution >= 4 is 28.2 Å². The summed E-state index contributed by atoms with van der Waals surface area (Å²) in [5.74, 6) is -2.23. The Morgan fingerprint density at radius 1 is 1.02 bits per heavy atom. The molecule has 9 heteroatoms. The van der Waals surface area contributed by atoms with Crippen molar-refractivity contribution in [3.63, 3.8) is 0 Å². The molecule has 0 bridgehead atoms. The molecule has 4 atom stereocenters. The number of anilines is 1. The summed E-state index contributed by atoms with van der Waals surface area (Å²) in [7, 11) is 0. The Hall–Kier alpha value is -3.49. The number of nitrogens with one attached hydrogen (secondary N) is 1. The Bertz CT molecular complexity index is 1670. The zero-order valence-corrected chi connectivity index (χ0v) is 23.2. The summed E-state index contributed by atoms with van der Waals surface area (Å²) in [4.78, 5) is 12.9. The van der Waals surface area contributed by atoms with E-state index in [2.05, 4.69) is 5.32 Å². The molecule has 0 spiro atoms. The van der Waals surface area contributed by atoms with Gasteiger partial charge in [0.1, 0.15) is 5.75 Å². The van der Waals surface area contributed by atoms with Gasteiger partial charge in [-0.3, -0.25) is 9.36 Å². The monoisotopic (exact) mass is 570 g/mol. The van der Waals surface area contributed by atoms with E-state index < -0.39 is 29.7 Å². The van der Waals surface area contributed by atoms with Gasteiger partial charge >= 0.3 is 6.18 Å². The standard InChI is InChI=1S/C31H30ClF3N2O3/c1-16(2)19-13-23-28(26(38)14-19)17(3)18(4)30(40,31(33,34)35)29(23)36-24-9-6-10-25-22(24)11-12-27(39)37(25)21-8-5-7-20(32)15-21/h5-18,29,36,38,40H,1-4H3. The van der Waals surface area contributed by atoms with Gasteiger partial charge in [-0.05, 0) is 65.4 Å². The minimum Gasteiger partial charge on any atom is -0.508 e. The topological polar surface area (TPSA) is 74.5 Å².